The van der Waals surface area contributed by atoms with Gasteiger partial charge in [-0.05, 0) is 12.8 Å². The fourth-order valence-electron chi connectivity index (χ4n) is 2.47. The summed E-state index contributed by atoms with van der Waals surface area (Å²) in [6.07, 6.45) is 1.25. The van der Waals surface area contributed by atoms with Gasteiger partial charge in [0.05, 0.1) is 6.54 Å². The number of hydrogen-bond donors (Lipinski definition) is 3. The Kier molecular flexibility index (Phi) is 3.25. The standard InChI is InChI=1S/C11H18N4O3/c1-7(5-12)8(16)15-4-2-3-11(6-15)9(17)13-10(18)14-11/h7H,2-6,12H2,1H3,(H2,13,14,17,18). The van der Waals surface area contributed by atoms with Gasteiger partial charge in [-0.15, -0.1) is 0 Å². The molecule has 2 atom stereocenters. The second kappa shape index (κ2) is 4.56. The third-order valence-electron chi connectivity index (χ3n) is 3.59. The highest BCUT2D eigenvalue weighted by molar-refractivity contribution is 6.07. The molecule has 2 heterocycles. The largest absolute Gasteiger partial charge is 0.340 e. The van der Waals surface area contributed by atoms with Gasteiger partial charge in [-0.1, -0.05) is 6.92 Å². The summed E-state index contributed by atoms with van der Waals surface area (Å²) in [5.74, 6) is -0.670. The number of piperidine rings is 1. The van der Waals surface area contributed by atoms with Crippen LogP contribution in [0, 0.1) is 5.92 Å². The molecule has 4 N–H and O–H groups in total. The Morgan fingerprint density at radius 1 is 1.56 bits per heavy atom. The molecule has 2 unspecified atom stereocenters. The van der Waals surface area contributed by atoms with Crippen LogP contribution in [-0.4, -0.2) is 47.9 Å². The number of rotatable bonds is 2. The zero-order valence-corrected chi connectivity index (χ0v) is 10.4. The molecule has 4 amide bonds. The number of amides is 4. The lowest BCUT2D eigenvalue weighted by atomic mass is 9.88. The number of carbonyl (C=O) groups excluding carboxylic acids is 3. The number of hydrogen-bond acceptors (Lipinski definition) is 4. The fourth-order valence-corrected chi connectivity index (χ4v) is 2.47. The molecule has 7 heteroatoms. The van der Waals surface area contributed by atoms with Crippen LogP contribution in [0.15, 0.2) is 0 Å². The summed E-state index contributed by atoms with van der Waals surface area (Å²) in [5, 5.41) is 4.86. The van der Waals surface area contributed by atoms with Crippen molar-refractivity contribution in [3.8, 4) is 0 Å². The molecule has 2 aliphatic heterocycles. The summed E-state index contributed by atoms with van der Waals surface area (Å²) in [7, 11) is 0. The normalized spacial score (nSPS) is 29.1. The third-order valence-corrected chi connectivity index (χ3v) is 3.59. The number of nitrogens with two attached hydrogens (primary N) is 1. The SMILES string of the molecule is CC(CN)C(=O)N1CCCC2(C1)NC(=O)NC2=O. The molecule has 18 heavy (non-hydrogen) atoms. The van der Waals surface area contributed by atoms with Gasteiger partial charge in [0, 0.05) is 19.0 Å². The molecule has 0 saturated carbocycles. The summed E-state index contributed by atoms with van der Waals surface area (Å²) >= 11 is 0. The van der Waals surface area contributed by atoms with E-state index < -0.39 is 11.6 Å². The van der Waals surface area contributed by atoms with E-state index in [0.29, 0.717) is 19.4 Å². The molecule has 100 valence electrons. The highest BCUT2D eigenvalue weighted by Crippen LogP contribution is 2.25. The number of imide groups is 1. The first kappa shape index (κ1) is 12.8. The van der Waals surface area contributed by atoms with E-state index in [-0.39, 0.29) is 30.8 Å². The Morgan fingerprint density at radius 2 is 2.28 bits per heavy atom. The molecule has 1 spiro atoms. The van der Waals surface area contributed by atoms with Crippen molar-refractivity contribution in [2.24, 2.45) is 11.7 Å². The first-order valence-corrected chi connectivity index (χ1v) is 6.11. The fraction of sp³-hybridized carbons (Fsp3) is 0.727. The topological polar surface area (TPSA) is 105 Å². The van der Waals surface area contributed by atoms with Crippen LogP contribution in [0.1, 0.15) is 19.8 Å². The molecule has 0 aliphatic carbocycles. The molecule has 0 aromatic heterocycles. The van der Waals surface area contributed by atoms with E-state index in [2.05, 4.69) is 10.6 Å². The molecule has 2 rings (SSSR count). The molecule has 2 fully saturated rings. The molecular weight excluding hydrogens is 236 g/mol. The van der Waals surface area contributed by atoms with Crippen LogP contribution in [0.25, 0.3) is 0 Å². The van der Waals surface area contributed by atoms with E-state index in [4.69, 9.17) is 5.73 Å². The molecule has 7 nitrogen and oxygen atoms in total. The van der Waals surface area contributed by atoms with E-state index in [1.807, 2.05) is 0 Å². The van der Waals surface area contributed by atoms with E-state index in [1.165, 1.54) is 0 Å². The lowest BCUT2D eigenvalue weighted by Gasteiger charge is -2.38. The lowest BCUT2D eigenvalue weighted by molar-refractivity contribution is -0.139. The van der Waals surface area contributed by atoms with Gasteiger partial charge in [-0.2, -0.15) is 0 Å². The zero-order chi connectivity index (χ0) is 13.3. The predicted octanol–water partition coefficient (Wildman–Crippen LogP) is -1.22. The summed E-state index contributed by atoms with van der Waals surface area (Å²) < 4.78 is 0. The van der Waals surface area contributed by atoms with Crippen molar-refractivity contribution in [1.29, 1.82) is 0 Å². The number of carbonyl (C=O) groups is 3. The van der Waals surface area contributed by atoms with Gasteiger partial charge in [0.1, 0.15) is 5.54 Å². The number of likely N-dealkylation sites (tertiary alicyclic amines) is 1. The zero-order valence-electron chi connectivity index (χ0n) is 10.4. The van der Waals surface area contributed by atoms with Crippen molar-refractivity contribution in [2.45, 2.75) is 25.3 Å². The minimum Gasteiger partial charge on any atom is -0.340 e. The second-order valence-corrected chi connectivity index (χ2v) is 4.99. The van der Waals surface area contributed by atoms with Crippen LogP contribution >= 0.6 is 0 Å². The van der Waals surface area contributed by atoms with Crippen LogP contribution in [0.4, 0.5) is 4.79 Å². The Hall–Kier alpha value is -1.63. The quantitative estimate of drug-likeness (QED) is 0.537. The summed E-state index contributed by atoms with van der Waals surface area (Å²) in [6, 6.07) is -0.485. The minimum atomic E-state index is -0.945. The van der Waals surface area contributed by atoms with Gasteiger partial charge in [0.2, 0.25) is 5.91 Å². The molecule has 0 bridgehead atoms. The van der Waals surface area contributed by atoms with Crippen LogP contribution in [0.3, 0.4) is 0 Å². The Labute approximate surface area is 105 Å². The smallest absolute Gasteiger partial charge is 0.322 e. The maximum atomic E-state index is 12.1. The second-order valence-electron chi connectivity index (χ2n) is 4.99. The molecule has 0 aromatic rings. The highest BCUT2D eigenvalue weighted by atomic mass is 16.2. The van der Waals surface area contributed by atoms with Crippen LogP contribution < -0.4 is 16.4 Å². The van der Waals surface area contributed by atoms with Gasteiger partial charge in [-0.3, -0.25) is 14.9 Å². The van der Waals surface area contributed by atoms with Gasteiger partial charge in [0.25, 0.3) is 5.91 Å². The van der Waals surface area contributed by atoms with Gasteiger partial charge >= 0.3 is 6.03 Å². The maximum Gasteiger partial charge on any atom is 0.322 e. The van der Waals surface area contributed by atoms with Gasteiger partial charge in [0.15, 0.2) is 0 Å². The van der Waals surface area contributed by atoms with E-state index in [9.17, 15) is 14.4 Å². The Morgan fingerprint density at radius 3 is 2.83 bits per heavy atom. The first-order chi connectivity index (χ1) is 8.48. The van der Waals surface area contributed by atoms with Crippen LogP contribution in [0.2, 0.25) is 0 Å². The minimum absolute atomic E-state index is 0.0643. The maximum absolute atomic E-state index is 12.1. The number of nitrogens with one attached hydrogen (secondary N) is 2. The summed E-state index contributed by atoms with van der Waals surface area (Å²) in [5.41, 5.74) is 4.53. The van der Waals surface area contributed by atoms with Crippen molar-refractivity contribution in [1.82, 2.24) is 15.5 Å². The lowest BCUT2D eigenvalue weighted by Crippen LogP contribution is -2.60. The third kappa shape index (κ3) is 2.05. The van der Waals surface area contributed by atoms with E-state index in [0.717, 1.165) is 0 Å². The van der Waals surface area contributed by atoms with Crippen molar-refractivity contribution in [2.75, 3.05) is 19.6 Å². The van der Waals surface area contributed by atoms with Gasteiger partial charge in [-0.25, -0.2) is 4.79 Å². The predicted molar refractivity (Wildman–Crippen MR) is 63.4 cm³/mol. The number of urea groups is 1. The van der Waals surface area contributed by atoms with E-state index in [1.54, 1.807) is 11.8 Å². The first-order valence-electron chi connectivity index (χ1n) is 6.11. The van der Waals surface area contributed by atoms with Crippen molar-refractivity contribution < 1.29 is 14.4 Å². The van der Waals surface area contributed by atoms with Gasteiger partial charge < -0.3 is 16.0 Å². The van der Waals surface area contributed by atoms with Crippen LogP contribution in [0.5, 0.6) is 0 Å². The molecule has 2 aliphatic rings. The molecule has 0 aromatic carbocycles. The van der Waals surface area contributed by atoms with E-state index >= 15 is 0 Å². The van der Waals surface area contributed by atoms with Crippen molar-refractivity contribution >= 4 is 17.8 Å². The van der Waals surface area contributed by atoms with Crippen molar-refractivity contribution in [3.63, 3.8) is 0 Å². The Balaban J connectivity index is 2.12. The highest BCUT2D eigenvalue weighted by Gasteiger charge is 2.49. The molecule has 2 saturated heterocycles. The number of nitrogens with zero attached hydrogens (tertiary/aromatic N) is 1. The average Bonchev–Trinajstić information content (AvgIpc) is 2.62. The summed E-state index contributed by atoms with van der Waals surface area (Å²) in [6.45, 7) is 2.87. The molecule has 0 radical (unpaired) electrons. The average molecular weight is 254 g/mol. The Bertz CT molecular complexity index is 398. The summed E-state index contributed by atoms with van der Waals surface area (Å²) in [4.78, 5) is 36.7. The molecular formula is C11H18N4O3. The monoisotopic (exact) mass is 254 g/mol. The van der Waals surface area contributed by atoms with Crippen molar-refractivity contribution in [3.05, 3.63) is 0 Å². The van der Waals surface area contributed by atoms with Crippen LogP contribution in [-0.2, 0) is 9.59 Å².